The summed E-state index contributed by atoms with van der Waals surface area (Å²) in [4.78, 5) is 51.7. The number of nitrogens with one attached hydrogen (secondary N) is 2. The van der Waals surface area contributed by atoms with Crippen molar-refractivity contribution in [2.75, 3.05) is 80.7 Å². The summed E-state index contributed by atoms with van der Waals surface area (Å²) >= 11 is 6.17. The van der Waals surface area contributed by atoms with E-state index in [2.05, 4.69) is 52.7 Å². The predicted molar refractivity (Wildman–Crippen MR) is 310 cm³/mol. The minimum atomic E-state index is -0.0866. The lowest BCUT2D eigenvalue weighted by molar-refractivity contribution is 0.0809. The number of carbonyl (C=O) groups is 2. The average molecular weight is 1080 g/mol. The van der Waals surface area contributed by atoms with Gasteiger partial charge < -0.3 is 45.4 Å². The van der Waals surface area contributed by atoms with Gasteiger partial charge in [-0.3, -0.25) is 28.9 Å². The van der Waals surface area contributed by atoms with Crippen LogP contribution in [0.2, 0.25) is 5.15 Å². The Morgan fingerprint density at radius 2 is 1.06 bits per heavy atom. The van der Waals surface area contributed by atoms with Crippen molar-refractivity contribution in [3.8, 4) is 34.0 Å². The third-order valence-corrected chi connectivity index (χ3v) is 14.6. The second-order valence-corrected chi connectivity index (χ2v) is 20.5. The molecule has 4 N–H and O–H groups in total. The maximum Gasteiger partial charge on any atom is 0.257 e. The number of piperidine rings is 2. The molecule has 4 aliphatic heterocycles. The van der Waals surface area contributed by atoms with E-state index in [-0.39, 0.29) is 11.8 Å². The van der Waals surface area contributed by atoms with Crippen molar-refractivity contribution in [3.05, 3.63) is 149 Å². The molecule has 20 heteroatoms. The third kappa shape index (κ3) is 12.1. The van der Waals surface area contributed by atoms with E-state index >= 15 is 0 Å². The molecule has 2 aromatic carbocycles. The SMILES string of the molecule is COc1c(Nc2cc(Cc3ccc(N4CCCCC4)cn3)nc3c2C(=O)N(C)C3)cccc1-c1ccn(C)n1.COc1c(Nc2cc(Cl)nc3c2C(=O)N(C)C3)cccc1-c1ccn(C)n1.Nc1ccc(N2CCCCC2)cn1. The van der Waals surface area contributed by atoms with E-state index in [1.54, 1.807) is 53.5 Å². The van der Waals surface area contributed by atoms with Crippen LogP contribution in [0.5, 0.6) is 11.5 Å². The molecule has 0 aliphatic carbocycles. The summed E-state index contributed by atoms with van der Waals surface area (Å²) in [6.07, 6.45) is 15.9. The third-order valence-electron chi connectivity index (χ3n) is 14.4. The van der Waals surface area contributed by atoms with Crippen molar-refractivity contribution in [2.24, 2.45) is 14.1 Å². The molecule has 79 heavy (non-hydrogen) atoms. The number of methoxy groups -OCH3 is 2. The number of ether oxygens (including phenoxy) is 2. The number of amides is 2. The smallest absolute Gasteiger partial charge is 0.257 e. The molecule has 12 rings (SSSR count). The number of aromatic nitrogens is 8. The number of hydrogen-bond acceptors (Lipinski definition) is 15. The van der Waals surface area contributed by atoms with Crippen LogP contribution >= 0.6 is 11.6 Å². The Kier molecular flexibility index (Phi) is 16.2. The highest BCUT2D eigenvalue weighted by atomic mass is 35.5. The molecule has 0 saturated carbocycles. The maximum absolute atomic E-state index is 13.1. The molecule has 2 fully saturated rings. The van der Waals surface area contributed by atoms with E-state index in [0.717, 1.165) is 71.5 Å². The van der Waals surface area contributed by atoms with Gasteiger partial charge in [-0.15, -0.1) is 0 Å². The largest absolute Gasteiger partial charge is 0.494 e. The standard InChI is InChI=1S/C30H33N7O2.C19H18ClN5O2.C10H15N3/c1-35-19-27-28(30(35)38)26(33-25-9-7-8-23(29(25)39-3)24-12-15-36(2)34-24)17-21(32-27)16-20-10-11-22(18-31-20)37-13-5-4-6-14-37;1-24-10-15-17(19(24)26)14(9-16(20)22-15)21-13-6-4-5-11(18(13)27-3)12-7-8-25(2)23-12;11-10-5-4-9(8-12-10)13-6-2-1-3-7-13/h7-12,15,17-18H,4-6,13-14,16,19H2,1-3H3,(H,32,33);4-9H,10H2,1-3H3,(H,21,22);4-5,8H,1-3,6-7H2,(H2,11,12). The summed E-state index contributed by atoms with van der Waals surface area (Å²) in [6.45, 7) is 5.42. The summed E-state index contributed by atoms with van der Waals surface area (Å²) in [6, 6.07) is 27.3. The van der Waals surface area contributed by atoms with Gasteiger partial charge in [-0.25, -0.2) is 9.97 Å². The first kappa shape index (κ1) is 53.7. The van der Waals surface area contributed by atoms with Crippen molar-refractivity contribution in [1.29, 1.82) is 0 Å². The van der Waals surface area contributed by atoms with E-state index in [4.69, 9.17) is 36.8 Å². The predicted octanol–water partition coefficient (Wildman–Crippen LogP) is 9.92. The molecule has 0 unspecified atom stereocenters. The van der Waals surface area contributed by atoms with Crippen LogP contribution in [0.3, 0.4) is 0 Å². The molecule has 0 radical (unpaired) electrons. The van der Waals surface area contributed by atoms with Gasteiger partial charge in [0.2, 0.25) is 0 Å². The van der Waals surface area contributed by atoms with Crippen molar-refractivity contribution >= 4 is 63.4 Å². The molecular formula is C59H66ClN15O4. The van der Waals surface area contributed by atoms with Crippen LogP contribution in [-0.4, -0.2) is 116 Å². The molecular weight excluding hydrogens is 1020 g/mol. The van der Waals surface area contributed by atoms with Gasteiger partial charge in [-0.1, -0.05) is 23.7 Å². The molecule has 8 aromatic rings. The summed E-state index contributed by atoms with van der Waals surface area (Å²) in [5.74, 6) is 1.77. The average Bonchev–Trinajstić information content (AvgIpc) is 4.24. The number of nitrogens with zero attached hydrogens (tertiary/aromatic N) is 12. The Labute approximate surface area is 465 Å². The van der Waals surface area contributed by atoms with Gasteiger partial charge in [0.25, 0.3) is 11.8 Å². The number of benzene rings is 2. The van der Waals surface area contributed by atoms with Crippen LogP contribution in [0.15, 0.2) is 110 Å². The number of aryl methyl sites for hydroxylation is 2. The van der Waals surface area contributed by atoms with Crippen LogP contribution in [0.4, 0.5) is 39.9 Å². The van der Waals surface area contributed by atoms with E-state index in [1.165, 1.54) is 49.9 Å². The fourth-order valence-corrected chi connectivity index (χ4v) is 10.7. The summed E-state index contributed by atoms with van der Waals surface area (Å²) < 4.78 is 15.0. The topological polar surface area (TPSA) is 203 Å². The number of rotatable bonds is 12. The molecule has 2 amide bonds. The van der Waals surface area contributed by atoms with Crippen molar-refractivity contribution in [3.63, 3.8) is 0 Å². The molecule has 0 atom stereocenters. The lowest BCUT2D eigenvalue weighted by Gasteiger charge is -2.28. The van der Waals surface area contributed by atoms with Gasteiger partial charge in [0, 0.05) is 95.7 Å². The lowest BCUT2D eigenvalue weighted by Crippen LogP contribution is -2.29. The van der Waals surface area contributed by atoms with Gasteiger partial charge in [0.15, 0.2) is 11.5 Å². The number of carbonyl (C=O) groups excluding carboxylic acids is 2. The normalized spacial score (nSPS) is 14.7. The first-order valence-corrected chi connectivity index (χ1v) is 27.0. The second-order valence-electron chi connectivity index (χ2n) is 20.1. The highest BCUT2D eigenvalue weighted by Gasteiger charge is 2.32. The fourth-order valence-electron chi connectivity index (χ4n) is 10.5. The minimum Gasteiger partial charge on any atom is -0.494 e. The van der Waals surface area contributed by atoms with E-state index in [9.17, 15) is 9.59 Å². The summed E-state index contributed by atoms with van der Waals surface area (Å²) in [5.41, 5.74) is 18.4. The van der Waals surface area contributed by atoms with Crippen LogP contribution < -0.4 is 35.6 Å². The van der Waals surface area contributed by atoms with E-state index < -0.39 is 0 Å². The number of halogens is 1. The molecule has 408 valence electrons. The number of para-hydroxylation sites is 2. The van der Waals surface area contributed by atoms with Crippen LogP contribution in [0.1, 0.15) is 82.0 Å². The quantitative estimate of drug-likeness (QED) is 0.0975. The summed E-state index contributed by atoms with van der Waals surface area (Å²) in [7, 11) is 10.5. The second kappa shape index (κ2) is 23.9. The van der Waals surface area contributed by atoms with E-state index in [1.807, 2.05) is 106 Å². The van der Waals surface area contributed by atoms with Gasteiger partial charge in [-0.2, -0.15) is 10.2 Å². The fraction of sp³-hybridized carbons (Fsp3) is 0.322. The molecule has 2 saturated heterocycles. The number of hydrogen-bond donors (Lipinski definition) is 3. The van der Waals surface area contributed by atoms with Gasteiger partial charge in [0.1, 0.15) is 11.0 Å². The highest BCUT2D eigenvalue weighted by molar-refractivity contribution is 6.30. The van der Waals surface area contributed by atoms with E-state index in [0.29, 0.717) is 75.9 Å². The number of nitrogen functional groups attached to an aromatic ring is 1. The van der Waals surface area contributed by atoms with Crippen LogP contribution in [0, 0.1) is 0 Å². The molecule has 19 nitrogen and oxygen atoms in total. The number of pyridine rings is 4. The molecule has 6 aromatic heterocycles. The highest BCUT2D eigenvalue weighted by Crippen LogP contribution is 2.41. The van der Waals surface area contributed by atoms with Crippen LogP contribution in [-0.2, 0) is 33.6 Å². The number of anilines is 7. The maximum atomic E-state index is 13.1. The molecule has 10 heterocycles. The Hall–Kier alpha value is -8.71. The Morgan fingerprint density at radius 3 is 1.52 bits per heavy atom. The van der Waals surface area contributed by atoms with Crippen molar-refractivity contribution in [2.45, 2.75) is 58.0 Å². The molecule has 0 spiro atoms. The zero-order valence-electron chi connectivity index (χ0n) is 45.5. The van der Waals surface area contributed by atoms with Gasteiger partial charge in [-0.05, 0) is 111 Å². The molecule has 4 aliphatic rings. The first-order chi connectivity index (χ1) is 38.3. The first-order valence-electron chi connectivity index (χ1n) is 26.6. The van der Waals surface area contributed by atoms with Gasteiger partial charge in [0.05, 0.1) is 108 Å². The Bertz CT molecular complexity index is 3460. The number of fused-ring (bicyclic) bond motifs is 2. The lowest BCUT2D eigenvalue weighted by atomic mass is 10.1. The summed E-state index contributed by atoms with van der Waals surface area (Å²) in [5, 5.41) is 16.1. The molecule has 0 bridgehead atoms. The Morgan fingerprint density at radius 1 is 0.570 bits per heavy atom. The monoisotopic (exact) mass is 1080 g/mol. The number of nitrogens with two attached hydrogens (primary N) is 1. The van der Waals surface area contributed by atoms with Gasteiger partial charge >= 0.3 is 0 Å². The van der Waals surface area contributed by atoms with Crippen molar-refractivity contribution in [1.82, 2.24) is 49.3 Å². The van der Waals surface area contributed by atoms with Crippen molar-refractivity contribution < 1.29 is 19.1 Å². The Balaban J connectivity index is 0.000000151. The zero-order chi connectivity index (χ0) is 55.2. The van der Waals surface area contributed by atoms with Crippen LogP contribution in [0.25, 0.3) is 22.5 Å². The zero-order valence-corrected chi connectivity index (χ0v) is 46.3. The minimum absolute atomic E-state index is 0.0459.